The molecule has 2 aromatic rings. The Morgan fingerprint density at radius 2 is 1.87 bits per heavy atom. The fraction of sp³-hybridized carbons (Fsp3) is 0.476. The molecule has 30 heavy (non-hydrogen) atoms. The Bertz CT molecular complexity index is 1040. The van der Waals surface area contributed by atoms with Gasteiger partial charge < -0.3 is 19.5 Å². The zero-order chi connectivity index (χ0) is 21.6. The van der Waals surface area contributed by atoms with Crippen LogP contribution in [-0.4, -0.2) is 48.1 Å². The van der Waals surface area contributed by atoms with Crippen LogP contribution in [0.1, 0.15) is 38.3 Å². The highest BCUT2D eigenvalue weighted by molar-refractivity contribution is 7.98. The molecule has 0 spiro atoms. The maximum atomic E-state index is 13.3. The summed E-state index contributed by atoms with van der Waals surface area (Å²) in [6, 6.07) is 3.25. The Morgan fingerprint density at radius 3 is 2.50 bits per heavy atom. The van der Waals surface area contributed by atoms with Crippen LogP contribution in [0.2, 0.25) is 0 Å². The quantitative estimate of drug-likeness (QED) is 0.719. The van der Waals surface area contributed by atoms with E-state index >= 15 is 0 Å². The van der Waals surface area contributed by atoms with E-state index in [2.05, 4.69) is 29.2 Å². The Balaban J connectivity index is 1.98. The predicted molar refractivity (Wildman–Crippen MR) is 115 cm³/mol. The number of benzene rings is 1. The van der Waals surface area contributed by atoms with Crippen LogP contribution in [-0.2, 0) is 4.79 Å². The molecule has 1 aliphatic heterocycles. The van der Waals surface area contributed by atoms with Gasteiger partial charge in [-0.25, -0.2) is 4.68 Å². The third kappa shape index (κ3) is 3.21. The highest BCUT2D eigenvalue weighted by Crippen LogP contribution is 2.50. The zero-order valence-corrected chi connectivity index (χ0v) is 18.8. The predicted octanol–water partition coefficient (Wildman–Crippen LogP) is 3.68. The molecular weight excluding hydrogens is 404 g/mol. The number of ketones is 1. The molecule has 160 valence electrons. The summed E-state index contributed by atoms with van der Waals surface area (Å²) < 4.78 is 18.5. The van der Waals surface area contributed by atoms with Crippen LogP contribution in [0.15, 0.2) is 28.6 Å². The van der Waals surface area contributed by atoms with Crippen molar-refractivity contribution >= 4 is 23.5 Å². The first-order chi connectivity index (χ1) is 14.3. The Morgan fingerprint density at radius 1 is 1.13 bits per heavy atom. The first-order valence-corrected chi connectivity index (χ1v) is 10.9. The molecule has 2 heterocycles. The number of carbonyl (C=O) groups excluding carboxylic acids is 1. The van der Waals surface area contributed by atoms with Crippen LogP contribution in [0.5, 0.6) is 17.2 Å². The second kappa shape index (κ2) is 7.54. The molecule has 1 N–H and O–H groups in total. The van der Waals surface area contributed by atoms with Crippen molar-refractivity contribution in [2.45, 2.75) is 37.9 Å². The summed E-state index contributed by atoms with van der Waals surface area (Å²) in [5.74, 6) is 2.27. The lowest BCUT2D eigenvalue weighted by Crippen LogP contribution is -2.36. The number of carbonyl (C=O) groups is 1. The number of rotatable bonds is 5. The van der Waals surface area contributed by atoms with Gasteiger partial charge in [-0.15, -0.1) is 5.10 Å². The van der Waals surface area contributed by atoms with Crippen molar-refractivity contribution < 1.29 is 19.0 Å². The lowest BCUT2D eigenvalue weighted by atomic mass is 9.73. The molecule has 0 fully saturated rings. The molecule has 0 bridgehead atoms. The molecule has 0 radical (unpaired) electrons. The van der Waals surface area contributed by atoms with Gasteiger partial charge in [0.1, 0.15) is 6.04 Å². The first-order valence-electron chi connectivity index (χ1n) is 9.66. The van der Waals surface area contributed by atoms with Gasteiger partial charge in [-0.05, 0) is 30.2 Å². The van der Waals surface area contributed by atoms with Crippen LogP contribution in [0.3, 0.4) is 0 Å². The van der Waals surface area contributed by atoms with E-state index in [0.29, 0.717) is 40.3 Å². The lowest BCUT2D eigenvalue weighted by Gasteiger charge is -2.38. The largest absolute Gasteiger partial charge is 0.493 e. The molecular formula is C21H26N4O4S. The average Bonchev–Trinajstić information content (AvgIpc) is 3.12. The van der Waals surface area contributed by atoms with Gasteiger partial charge in [-0.2, -0.15) is 4.98 Å². The van der Waals surface area contributed by atoms with Crippen LogP contribution in [0.25, 0.3) is 0 Å². The number of aromatic nitrogens is 3. The molecule has 1 aromatic carbocycles. The van der Waals surface area contributed by atoms with Gasteiger partial charge >= 0.3 is 0 Å². The molecule has 1 unspecified atom stereocenters. The van der Waals surface area contributed by atoms with Crippen molar-refractivity contribution in [3.8, 4) is 17.2 Å². The van der Waals surface area contributed by atoms with E-state index in [0.717, 1.165) is 17.7 Å². The van der Waals surface area contributed by atoms with Crippen molar-refractivity contribution in [2.75, 3.05) is 32.9 Å². The number of nitrogens with one attached hydrogen (secondary N) is 1. The van der Waals surface area contributed by atoms with E-state index in [1.54, 1.807) is 26.0 Å². The third-order valence-electron chi connectivity index (χ3n) is 5.52. The summed E-state index contributed by atoms with van der Waals surface area (Å²) in [5.41, 5.74) is 2.24. The molecule has 1 aliphatic carbocycles. The van der Waals surface area contributed by atoms with E-state index in [1.165, 1.54) is 11.8 Å². The molecule has 9 heteroatoms. The second-order valence-corrected chi connectivity index (χ2v) is 8.92. The van der Waals surface area contributed by atoms with Gasteiger partial charge in [0.15, 0.2) is 17.3 Å². The lowest BCUT2D eigenvalue weighted by molar-refractivity contribution is -0.118. The Hall–Kier alpha value is -2.68. The topological polar surface area (TPSA) is 87.5 Å². The van der Waals surface area contributed by atoms with Gasteiger partial charge in [-0.1, -0.05) is 25.6 Å². The minimum absolute atomic E-state index is 0.0995. The number of anilines is 1. The van der Waals surface area contributed by atoms with Crippen LogP contribution < -0.4 is 19.5 Å². The standard InChI is InChI=1S/C21H26N4O4S/c1-21(2)9-12-15(13(26)10-21)16(25-19(22-12)23-20(24-25)30-6)11-7-8-14(27-3)18(29-5)17(11)28-4/h7-8,16H,9-10H2,1-6H3,(H,22,23,24). The van der Waals surface area contributed by atoms with Crippen LogP contribution in [0.4, 0.5) is 5.95 Å². The molecule has 0 amide bonds. The number of nitrogens with zero attached hydrogens (tertiary/aromatic N) is 3. The van der Waals surface area contributed by atoms with Crippen molar-refractivity contribution in [2.24, 2.45) is 5.41 Å². The van der Waals surface area contributed by atoms with Crippen molar-refractivity contribution in [1.82, 2.24) is 14.8 Å². The number of hydrogen-bond donors (Lipinski definition) is 1. The number of thioether (sulfide) groups is 1. The SMILES string of the molecule is COc1ccc(C2C3=C(CC(C)(C)CC3=O)Nc3nc(SC)nn32)c(OC)c1OC. The van der Waals surface area contributed by atoms with Gasteiger partial charge in [0, 0.05) is 23.3 Å². The first kappa shape index (κ1) is 20.6. The molecule has 1 atom stereocenters. The highest BCUT2D eigenvalue weighted by Gasteiger charge is 2.43. The Kier molecular flexibility index (Phi) is 5.17. The van der Waals surface area contributed by atoms with Crippen molar-refractivity contribution in [3.63, 3.8) is 0 Å². The van der Waals surface area contributed by atoms with Crippen molar-refractivity contribution in [1.29, 1.82) is 0 Å². The maximum absolute atomic E-state index is 13.3. The Labute approximate surface area is 180 Å². The molecule has 2 aliphatic rings. The molecule has 0 saturated heterocycles. The van der Waals surface area contributed by atoms with E-state index in [9.17, 15) is 4.79 Å². The van der Waals surface area contributed by atoms with E-state index in [4.69, 9.17) is 14.2 Å². The van der Waals surface area contributed by atoms with Gasteiger partial charge in [0.2, 0.25) is 16.9 Å². The molecule has 0 saturated carbocycles. The van der Waals surface area contributed by atoms with E-state index in [1.807, 2.05) is 18.4 Å². The number of hydrogen-bond acceptors (Lipinski definition) is 8. The minimum Gasteiger partial charge on any atom is -0.493 e. The number of fused-ring (bicyclic) bond motifs is 1. The minimum atomic E-state index is -0.469. The van der Waals surface area contributed by atoms with Gasteiger partial charge in [0.05, 0.1) is 21.3 Å². The molecule has 8 nitrogen and oxygen atoms in total. The van der Waals surface area contributed by atoms with Crippen molar-refractivity contribution in [3.05, 3.63) is 29.0 Å². The number of ether oxygens (including phenoxy) is 3. The summed E-state index contributed by atoms with van der Waals surface area (Å²) >= 11 is 1.45. The molecule has 1 aromatic heterocycles. The van der Waals surface area contributed by atoms with E-state index in [-0.39, 0.29) is 11.2 Å². The highest BCUT2D eigenvalue weighted by atomic mass is 32.2. The second-order valence-electron chi connectivity index (χ2n) is 8.15. The van der Waals surface area contributed by atoms with Gasteiger partial charge in [0.25, 0.3) is 0 Å². The fourth-order valence-electron chi connectivity index (χ4n) is 4.30. The average molecular weight is 431 g/mol. The smallest absolute Gasteiger partial charge is 0.227 e. The normalized spacial score (nSPS) is 19.7. The number of Topliss-reactive ketones (excluding diaryl/α,β-unsaturated/α-hetero) is 1. The third-order valence-corrected chi connectivity index (χ3v) is 6.06. The zero-order valence-electron chi connectivity index (χ0n) is 18.0. The van der Waals surface area contributed by atoms with Gasteiger partial charge in [-0.3, -0.25) is 4.79 Å². The summed E-state index contributed by atoms with van der Waals surface area (Å²) in [7, 11) is 4.73. The number of allylic oxidation sites excluding steroid dienone is 2. The monoisotopic (exact) mass is 430 g/mol. The fourth-order valence-corrected chi connectivity index (χ4v) is 4.65. The summed E-state index contributed by atoms with van der Waals surface area (Å²) in [6.07, 6.45) is 3.15. The maximum Gasteiger partial charge on any atom is 0.227 e. The molecule has 4 rings (SSSR count). The number of methoxy groups -OCH3 is 3. The summed E-state index contributed by atoms with van der Waals surface area (Å²) in [4.78, 5) is 17.9. The summed E-state index contributed by atoms with van der Waals surface area (Å²) in [5, 5.41) is 8.65. The summed E-state index contributed by atoms with van der Waals surface area (Å²) in [6.45, 7) is 4.21. The van der Waals surface area contributed by atoms with Crippen LogP contribution >= 0.6 is 11.8 Å². The van der Waals surface area contributed by atoms with Crippen LogP contribution in [0, 0.1) is 5.41 Å². The van der Waals surface area contributed by atoms with E-state index < -0.39 is 6.04 Å².